The lowest BCUT2D eigenvalue weighted by Gasteiger charge is -2.16. The number of imidazole rings is 2. The highest BCUT2D eigenvalue weighted by molar-refractivity contribution is 5.97. The first-order chi connectivity index (χ1) is 18.5. The molecular weight excluding hydrogens is 478 g/mol. The van der Waals surface area contributed by atoms with Crippen LogP contribution >= 0.6 is 0 Å². The molecule has 0 saturated heterocycles. The lowest BCUT2D eigenvalue weighted by atomic mass is 10.1. The number of ether oxygens (including phenoxy) is 2. The van der Waals surface area contributed by atoms with Crippen LogP contribution in [-0.4, -0.2) is 45.9 Å². The predicted molar refractivity (Wildman–Crippen MR) is 150 cm³/mol. The van der Waals surface area contributed by atoms with E-state index in [0.717, 1.165) is 52.4 Å². The van der Waals surface area contributed by atoms with E-state index in [1.807, 2.05) is 36.4 Å². The third kappa shape index (κ3) is 4.87. The van der Waals surface area contributed by atoms with Crippen molar-refractivity contribution in [3.63, 3.8) is 0 Å². The molecule has 2 aromatic heterocycles. The molecule has 0 spiro atoms. The van der Waals surface area contributed by atoms with Gasteiger partial charge in [0.15, 0.2) is 0 Å². The third-order valence-corrected chi connectivity index (χ3v) is 6.66. The van der Waals surface area contributed by atoms with Gasteiger partial charge in [0.25, 0.3) is 0 Å². The Hall–Kier alpha value is -4.17. The molecule has 5 rings (SSSR count). The summed E-state index contributed by atoms with van der Waals surface area (Å²) in [5.41, 5.74) is 6.29. The molecule has 1 N–H and O–H groups in total. The zero-order valence-electron chi connectivity index (χ0n) is 22.3. The Morgan fingerprint density at radius 1 is 0.974 bits per heavy atom. The van der Waals surface area contributed by atoms with Crippen molar-refractivity contribution < 1.29 is 14.3 Å². The van der Waals surface area contributed by atoms with E-state index in [4.69, 9.17) is 19.4 Å². The number of methoxy groups -OCH3 is 2. The van der Waals surface area contributed by atoms with Crippen LogP contribution in [0.3, 0.4) is 0 Å². The van der Waals surface area contributed by atoms with Crippen LogP contribution in [0.2, 0.25) is 0 Å². The topological polar surface area (TPSA) is 83.2 Å². The summed E-state index contributed by atoms with van der Waals surface area (Å²) in [6.45, 7) is 6.37. The van der Waals surface area contributed by atoms with Crippen LogP contribution < -0.4 is 5.32 Å². The quantitative estimate of drug-likeness (QED) is 0.181. The van der Waals surface area contributed by atoms with Gasteiger partial charge in [-0.3, -0.25) is 0 Å². The Labute approximate surface area is 222 Å². The van der Waals surface area contributed by atoms with Crippen LogP contribution in [0.4, 0.5) is 5.95 Å². The molecular formula is C30H33N5O3. The number of anilines is 1. The highest BCUT2D eigenvalue weighted by atomic mass is 16.5. The number of carbonyl (C=O) groups excluding carboxylic acids is 1. The number of benzene rings is 3. The minimum absolute atomic E-state index is 0.164. The number of esters is 1. The maximum atomic E-state index is 12.2. The van der Waals surface area contributed by atoms with Crippen molar-refractivity contribution in [1.29, 1.82) is 0 Å². The number of hydrogen-bond acceptors (Lipinski definition) is 6. The van der Waals surface area contributed by atoms with Gasteiger partial charge in [-0.15, -0.1) is 0 Å². The minimum Gasteiger partial charge on any atom is -0.465 e. The standard InChI is InChI=1S/C30H33N5O3/c1-20(2)35-27-23(12-8-13-24(27)33-30(35)31-19-21-10-6-5-7-11-21)28-32-25-18-22(29(36)38-4)14-15-26(25)34(28)16-9-17-37-3/h5-8,10-15,18,20H,9,16-17,19H2,1-4H3,(H,31,33). The highest BCUT2D eigenvalue weighted by Gasteiger charge is 2.22. The molecule has 0 aliphatic heterocycles. The van der Waals surface area contributed by atoms with Crippen LogP contribution in [0.25, 0.3) is 33.5 Å². The number of carbonyl (C=O) groups is 1. The maximum Gasteiger partial charge on any atom is 0.337 e. The smallest absolute Gasteiger partial charge is 0.337 e. The molecule has 3 aromatic carbocycles. The van der Waals surface area contributed by atoms with Crippen molar-refractivity contribution in [3.05, 3.63) is 77.9 Å². The van der Waals surface area contributed by atoms with Crippen LogP contribution in [0.5, 0.6) is 0 Å². The zero-order valence-corrected chi connectivity index (χ0v) is 22.3. The number of nitrogens with zero attached hydrogens (tertiary/aromatic N) is 4. The van der Waals surface area contributed by atoms with Crippen molar-refractivity contribution in [1.82, 2.24) is 19.1 Å². The molecule has 0 unspecified atom stereocenters. The molecule has 38 heavy (non-hydrogen) atoms. The molecule has 2 heterocycles. The van der Waals surface area contributed by atoms with Gasteiger partial charge in [-0.05, 0) is 56.2 Å². The van der Waals surface area contributed by atoms with Gasteiger partial charge in [-0.25, -0.2) is 14.8 Å². The molecule has 0 atom stereocenters. The van der Waals surface area contributed by atoms with E-state index in [1.54, 1.807) is 19.2 Å². The normalized spacial score (nSPS) is 11.5. The first-order valence-corrected chi connectivity index (χ1v) is 12.9. The molecule has 0 amide bonds. The maximum absolute atomic E-state index is 12.2. The Balaban J connectivity index is 1.66. The Morgan fingerprint density at radius 3 is 2.53 bits per heavy atom. The minimum atomic E-state index is -0.378. The monoisotopic (exact) mass is 511 g/mol. The second-order valence-electron chi connectivity index (χ2n) is 9.54. The summed E-state index contributed by atoms with van der Waals surface area (Å²) in [7, 11) is 3.10. The fourth-order valence-corrected chi connectivity index (χ4v) is 4.91. The number of para-hydroxylation sites is 1. The molecule has 0 radical (unpaired) electrons. The summed E-state index contributed by atoms with van der Waals surface area (Å²) >= 11 is 0. The largest absolute Gasteiger partial charge is 0.465 e. The fourth-order valence-electron chi connectivity index (χ4n) is 4.91. The van der Waals surface area contributed by atoms with Gasteiger partial charge in [-0.1, -0.05) is 36.4 Å². The number of fused-ring (bicyclic) bond motifs is 2. The molecule has 5 aromatic rings. The van der Waals surface area contributed by atoms with Gasteiger partial charge in [0.2, 0.25) is 5.95 Å². The second-order valence-corrected chi connectivity index (χ2v) is 9.54. The van der Waals surface area contributed by atoms with E-state index >= 15 is 0 Å². The van der Waals surface area contributed by atoms with E-state index < -0.39 is 0 Å². The van der Waals surface area contributed by atoms with E-state index in [2.05, 4.69) is 46.5 Å². The molecule has 0 aliphatic rings. The van der Waals surface area contributed by atoms with E-state index in [1.165, 1.54) is 12.7 Å². The van der Waals surface area contributed by atoms with Crippen LogP contribution in [0, 0.1) is 0 Å². The van der Waals surface area contributed by atoms with Crippen molar-refractivity contribution in [2.75, 3.05) is 26.1 Å². The number of nitrogens with one attached hydrogen (secondary N) is 1. The van der Waals surface area contributed by atoms with Crippen molar-refractivity contribution in [3.8, 4) is 11.4 Å². The number of aromatic nitrogens is 4. The molecule has 8 heteroatoms. The first-order valence-electron chi connectivity index (χ1n) is 12.9. The van der Waals surface area contributed by atoms with Gasteiger partial charge in [0.05, 0.1) is 34.7 Å². The highest BCUT2D eigenvalue weighted by Crippen LogP contribution is 2.35. The summed E-state index contributed by atoms with van der Waals surface area (Å²) < 4.78 is 14.7. The zero-order chi connectivity index (χ0) is 26.6. The van der Waals surface area contributed by atoms with E-state index in [-0.39, 0.29) is 12.0 Å². The van der Waals surface area contributed by atoms with Crippen molar-refractivity contribution in [2.45, 2.75) is 39.4 Å². The summed E-state index contributed by atoms with van der Waals surface area (Å²) in [6, 6.07) is 22.2. The lowest BCUT2D eigenvalue weighted by Crippen LogP contribution is -2.10. The number of hydrogen-bond donors (Lipinski definition) is 1. The number of aryl methyl sites for hydroxylation is 1. The Morgan fingerprint density at radius 2 is 1.79 bits per heavy atom. The van der Waals surface area contributed by atoms with E-state index in [9.17, 15) is 4.79 Å². The SMILES string of the molecule is COCCCn1c(-c2cccc3nc(NCc4ccccc4)n(C(C)C)c23)nc2cc(C(=O)OC)ccc21. The predicted octanol–water partition coefficient (Wildman–Crippen LogP) is 6.07. The molecule has 8 nitrogen and oxygen atoms in total. The average Bonchev–Trinajstić information content (AvgIpc) is 3.50. The fraction of sp³-hybridized carbons (Fsp3) is 0.300. The Kier molecular flexibility index (Phi) is 7.42. The molecule has 0 saturated carbocycles. The third-order valence-electron chi connectivity index (χ3n) is 6.66. The summed E-state index contributed by atoms with van der Waals surface area (Å²) in [4.78, 5) is 22.2. The van der Waals surface area contributed by atoms with Crippen molar-refractivity contribution >= 4 is 34.0 Å². The summed E-state index contributed by atoms with van der Waals surface area (Å²) in [5.74, 6) is 1.28. The van der Waals surface area contributed by atoms with Gasteiger partial charge < -0.3 is 23.9 Å². The summed E-state index contributed by atoms with van der Waals surface area (Å²) in [6.07, 6.45) is 0.830. The van der Waals surface area contributed by atoms with E-state index in [0.29, 0.717) is 18.7 Å². The number of rotatable bonds is 10. The first kappa shape index (κ1) is 25.5. The average molecular weight is 512 g/mol. The molecule has 0 fully saturated rings. The molecule has 0 bridgehead atoms. The van der Waals surface area contributed by atoms with Crippen LogP contribution in [0.15, 0.2) is 66.7 Å². The van der Waals surface area contributed by atoms with Crippen LogP contribution in [0.1, 0.15) is 42.2 Å². The summed E-state index contributed by atoms with van der Waals surface area (Å²) in [5, 5.41) is 3.55. The second kappa shape index (κ2) is 11.1. The van der Waals surface area contributed by atoms with Gasteiger partial charge >= 0.3 is 5.97 Å². The van der Waals surface area contributed by atoms with Gasteiger partial charge in [0.1, 0.15) is 5.82 Å². The van der Waals surface area contributed by atoms with Crippen LogP contribution in [-0.2, 0) is 22.6 Å². The lowest BCUT2D eigenvalue weighted by molar-refractivity contribution is 0.0601. The van der Waals surface area contributed by atoms with Crippen molar-refractivity contribution in [2.24, 2.45) is 0 Å². The Bertz CT molecular complexity index is 1570. The molecule has 0 aliphatic carbocycles. The van der Waals surface area contributed by atoms with Gasteiger partial charge in [-0.2, -0.15) is 0 Å². The van der Waals surface area contributed by atoms with Gasteiger partial charge in [0, 0.05) is 38.4 Å². The molecule has 196 valence electrons.